The van der Waals surface area contributed by atoms with Crippen LogP contribution in [-0.2, 0) is 6.18 Å². The number of amides is 1. The number of pyridine rings is 2. The molecule has 1 aromatic carbocycles. The number of nitrogens with two attached hydrogens (primary N) is 2. The predicted octanol–water partition coefficient (Wildman–Crippen LogP) is 4.05. The number of aliphatic hydroxyl groups is 1. The van der Waals surface area contributed by atoms with Crippen LogP contribution in [-0.4, -0.2) is 57.7 Å². The van der Waals surface area contributed by atoms with Crippen LogP contribution in [0.1, 0.15) is 50.2 Å². The molecule has 4 aromatic rings. The summed E-state index contributed by atoms with van der Waals surface area (Å²) >= 11 is 0.624. The number of carbonyl (C=O) groups excluding carboxylic acids is 1. The lowest BCUT2D eigenvalue weighted by atomic mass is 10.0. The van der Waals surface area contributed by atoms with Gasteiger partial charge in [-0.05, 0) is 42.7 Å². The van der Waals surface area contributed by atoms with Crippen molar-refractivity contribution in [2.45, 2.75) is 31.2 Å². The number of aromatic nitrogens is 2. The zero-order valence-electron chi connectivity index (χ0n) is 22.1. The van der Waals surface area contributed by atoms with Gasteiger partial charge in [-0.3, -0.25) is 9.78 Å². The van der Waals surface area contributed by atoms with Gasteiger partial charge in [0.15, 0.2) is 0 Å². The van der Waals surface area contributed by atoms with Crippen molar-refractivity contribution in [1.82, 2.24) is 15.3 Å². The van der Waals surface area contributed by atoms with Crippen molar-refractivity contribution in [2.24, 2.45) is 5.73 Å². The van der Waals surface area contributed by atoms with E-state index in [1.165, 1.54) is 0 Å². The first-order chi connectivity index (χ1) is 19.9. The number of anilines is 2. The molecule has 7 N–H and O–H groups in total. The van der Waals surface area contributed by atoms with Gasteiger partial charge in [0.1, 0.15) is 21.6 Å². The van der Waals surface area contributed by atoms with Crippen LogP contribution in [0.5, 0.6) is 0 Å². The fourth-order valence-electron chi connectivity index (χ4n) is 4.97. The van der Waals surface area contributed by atoms with Crippen molar-refractivity contribution < 1.29 is 33.0 Å². The number of halogens is 3. The highest BCUT2D eigenvalue weighted by atomic mass is 32.1. The van der Waals surface area contributed by atoms with E-state index in [-0.39, 0.29) is 33.5 Å². The molecule has 1 aliphatic heterocycles. The number of piperidine rings is 1. The first-order valence-corrected chi connectivity index (χ1v) is 13.8. The minimum Gasteiger partial charge on any atom is -0.477 e. The van der Waals surface area contributed by atoms with Crippen molar-refractivity contribution in [3.05, 3.63) is 70.4 Å². The number of hydrogen-bond acceptors (Lipinski definition) is 9. The quantitative estimate of drug-likeness (QED) is 0.200. The number of alkyl halides is 3. The van der Waals surface area contributed by atoms with Crippen LogP contribution in [0.2, 0.25) is 0 Å². The van der Waals surface area contributed by atoms with E-state index in [4.69, 9.17) is 11.5 Å². The molecule has 5 rings (SSSR count). The standard InChI is InChI=1S/C28H27F3N6O4S/c29-28(30,31)18-11-21(36-26-22(18)23(32)24(42-26)27(40)41)37-8-6-17(7-9-37)34-13-20(38)19-5-4-16(12-35-19)14-2-1-3-15(10-14)25(33)39/h1-5,10-12,17,20,34,38H,6-9,13,32H2,(H2,33,39)(H,40,41). The Bertz CT molecular complexity index is 1640. The van der Waals surface area contributed by atoms with Crippen LogP contribution in [0.4, 0.5) is 24.7 Å². The molecule has 1 amide bonds. The SMILES string of the molecule is NC(=O)c1cccc(-c2ccc(C(O)CNC3CCN(c4cc(C(F)(F)F)c5c(N)c(C(=O)O)sc5n4)CC3)nc2)c1. The second kappa shape index (κ2) is 11.5. The highest BCUT2D eigenvalue weighted by Crippen LogP contribution is 2.43. The van der Waals surface area contributed by atoms with E-state index in [2.05, 4.69) is 15.3 Å². The number of thiophene rings is 1. The van der Waals surface area contributed by atoms with Crippen molar-refractivity contribution in [3.63, 3.8) is 0 Å². The number of primary amides is 1. The number of nitrogens with zero attached hydrogens (tertiary/aromatic N) is 3. The lowest BCUT2D eigenvalue weighted by Gasteiger charge is -2.34. The summed E-state index contributed by atoms with van der Waals surface area (Å²) in [7, 11) is 0. The molecule has 42 heavy (non-hydrogen) atoms. The second-order valence-corrected chi connectivity index (χ2v) is 11.0. The summed E-state index contributed by atoms with van der Waals surface area (Å²) < 4.78 is 41.7. The average Bonchev–Trinajstić information content (AvgIpc) is 3.31. The maximum absolute atomic E-state index is 13.9. The number of carboxylic acid groups (broad SMARTS) is 1. The van der Waals surface area contributed by atoms with Crippen molar-refractivity contribution in [2.75, 3.05) is 30.3 Å². The third kappa shape index (κ3) is 6.00. The molecule has 0 spiro atoms. The normalized spacial score (nSPS) is 15.2. The Kier molecular flexibility index (Phi) is 8.03. The third-order valence-corrected chi connectivity index (χ3v) is 8.30. The van der Waals surface area contributed by atoms with E-state index < -0.39 is 35.4 Å². The van der Waals surface area contributed by atoms with Gasteiger partial charge in [0.05, 0.1) is 16.9 Å². The summed E-state index contributed by atoms with van der Waals surface area (Å²) in [5.41, 5.74) is 12.0. The second-order valence-electron chi connectivity index (χ2n) is 9.96. The van der Waals surface area contributed by atoms with E-state index in [0.29, 0.717) is 48.5 Å². The van der Waals surface area contributed by atoms with Crippen molar-refractivity contribution in [1.29, 1.82) is 0 Å². The third-order valence-electron chi connectivity index (χ3n) is 7.21. The average molecular weight is 601 g/mol. The number of nitrogen functional groups attached to an aromatic ring is 1. The van der Waals surface area contributed by atoms with Crippen LogP contribution >= 0.6 is 11.3 Å². The maximum Gasteiger partial charge on any atom is 0.417 e. The molecule has 1 unspecified atom stereocenters. The van der Waals surface area contributed by atoms with Gasteiger partial charge < -0.3 is 31.9 Å². The van der Waals surface area contributed by atoms with Crippen molar-refractivity contribution >= 4 is 44.9 Å². The topological polar surface area (TPSA) is 168 Å². The van der Waals surface area contributed by atoms with Gasteiger partial charge in [-0.2, -0.15) is 13.2 Å². The number of carboxylic acids is 1. The van der Waals surface area contributed by atoms with Crippen LogP contribution in [0.25, 0.3) is 21.3 Å². The molecule has 0 saturated carbocycles. The smallest absolute Gasteiger partial charge is 0.417 e. The fraction of sp³-hybridized carbons (Fsp3) is 0.286. The van der Waals surface area contributed by atoms with Gasteiger partial charge in [-0.25, -0.2) is 9.78 Å². The molecule has 220 valence electrons. The first-order valence-electron chi connectivity index (χ1n) is 13.0. The summed E-state index contributed by atoms with van der Waals surface area (Å²) in [6.45, 7) is 1.05. The highest BCUT2D eigenvalue weighted by molar-refractivity contribution is 7.21. The van der Waals surface area contributed by atoms with E-state index >= 15 is 0 Å². The Balaban J connectivity index is 1.21. The van der Waals surface area contributed by atoms with Crippen LogP contribution < -0.4 is 21.7 Å². The molecule has 0 radical (unpaired) electrons. The van der Waals surface area contributed by atoms with Gasteiger partial charge in [0.2, 0.25) is 5.91 Å². The number of fused-ring (bicyclic) bond motifs is 1. The first kappa shape index (κ1) is 29.2. The zero-order valence-corrected chi connectivity index (χ0v) is 22.9. The Morgan fingerprint density at radius 3 is 2.50 bits per heavy atom. The Morgan fingerprint density at radius 2 is 1.88 bits per heavy atom. The monoisotopic (exact) mass is 600 g/mol. The number of nitrogens with one attached hydrogen (secondary N) is 1. The van der Waals surface area contributed by atoms with Gasteiger partial charge in [0, 0.05) is 48.4 Å². The molecule has 0 bridgehead atoms. The molecule has 3 aromatic heterocycles. The molecule has 1 saturated heterocycles. The summed E-state index contributed by atoms with van der Waals surface area (Å²) in [6, 6.07) is 11.3. The number of aromatic carboxylic acids is 1. The fourth-order valence-corrected chi connectivity index (χ4v) is 5.93. The van der Waals surface area contributed by atoms with E-state index in [1.807, 2.05) is 6.07 Å². The van der Waals surface area contributed by atoms with Gasteiger partial charge in [-0.15, -0.1) is 11.3 Å². The van der Waals surface area contributed by atoms with Gasteiger partial charge in [-0.1, -0.05) is 18.2 Å². The van der Waals surface area contributed by atoms with Gasteiger partial charge in [0.25, 0.3) is 0 Å². The Labute approximate surface area is 241 Å². The summed E-state index contributed by atoms with van der Waals surface area (Å²) in [5.74, 6) is -1.82. The maximum atomic E-state index is 13.9. The summed E-state index contributed by atoms with van der Waals surface area (Å²) in [5, 5.41) is 22.9. The minimum atomic E-state index is -4.74. The number of carbonyl (C=O) groups is 2. The zero-order chi connectivity index (χ0) is 30.2. The lowest BCUT2D eigenvalue weighted by Crippen LogP contribution is -2.44. The molecular formula is C28H27F3N6O4S. The summed E-state index contributed by atoms with van der Waals surface area (Å²) in [6.07, 6.45) is -2.85. The number of benzene rings is 1. The minimum absolute atomic E-state index is 0.00789. The Hall–Kier alpha value is -4.27. The lowest BCUT2D eigenvalue weighted by molar-refractivity contribution is -0.136. The highest BCUT2D eigenvalue weighted by Gasteiger charge is 2.37. The molecule has 4 heterocycles. The number of rotatable bonds is 8. The molecule has 0 aliphatic carbocycles. The number of aliphatic hydroxyl groups excluding tert-OH is 1. The van der Waals surface area contributed by atoms with Crippen LogP contribution in [0.3, 0.4) is 0 Å². The molecule has 10 nitrogen and oxygen atoms in total. The van der Waals surface area contributed by atoms with Crippen molar-refractivity contribution in [3.8, 4) is 11.1 Å². The molecule has 1 aliphatic rings. The molecule has 14 heteroatoms. The van der Waals surface area contributed by atoms with E-state index in [9.17, 15) is 33.0 Å². The summed E-state index contributed by atoms with van der Waals surface area (Å²) in [4.78, 5) is 32.9. The van der Waals surface area contributed by atoms with E-state index in [0.717, 1.165) is 17.2 Å². The van der Waals surface area contributed by atoms with Crippen LogP contribution in [0.15, 0.2) is 48.7 Å². The largest absolute Gasteiger partial charge is 0.477 e. The number of hydrogen-bond donors (Lipinski definition) is 5. The molecule has 1 atom stereocenters. The van der Waals surface area contributed by atoms with Gasteiger partial charge >= 0.3 is 12.1 Å². The van der Waals surface area contributed by atoms with Crippen LogP contribution in [0, 0.1) is 0 Å². The van der Waals surface area contributed by atoms with E-state index in [1.54, 1.807) is 41.4 Å². The predicted molar refractivity (Wildman–Crippen MR) is 152 cm³/mol. The molecule has 1 fully saturated rings. The molecular weight excluding hydrogens is 573 g/mol. The Morgan fingerprint density at radius 1 is 1.14 bits per heavy atom.